The van der Waals surface area contributed by atoms with Gasteiger partial charge in [-0.05, 0) is 18.2 Å². The second kappa shape index (κ2) is 3.59. The van der Waals surface area contributed by atoms with E-state index in [2.05, 4.69) is 0 Å². The smallest absolute Gasteiger partial charge is 0.193 e. The number of carbonyl (C=O) groups excluding carboxylic acids is 1. The zero-order valence-corrected chi connectivity index (χ0v) is 8.38. The van der Waals surface area contributed by atoms with Gasteiger partial charge in [-0.2, -0.15) is 0 Å². The third-order valence-corrected chi connectivity index (χ3v) is 2.36. The van der Waals surface area contributed by atoms with Crippen LogP contribution in [0.15, 0.2) is 18.2 Å². The van der Waals surface area contributed by atoms with E-state index in [-0.39, 0.29) is 11.9 Å². The lowest BCUT2D eigenvalue weighted by molar-refractivity contribution is 0.0953. The zero-order chi connectivity index (χ0) is 10.1. The van der Waals surface area contributed by atoms with Gasteiger partial charge >= 0.3 is 0 Å². The minimum Gasteiger partial charge on any atom is -0.495 e. The predicted octanol–water partition coefficient (Wildman–Crippen LogP) is 1.93. The molecule has 1 fully saturated rings. The van der Waals surface area contributed by atoms with Gasteiger partial charge in [0.25, 0.3) is 0 Å². The van der Waals surface area contributed by atoms with Crippen LogP contribution in [-0.2, 0) is 4.74 Å². The Hall–Kier alpha value is -1.06. The molecule has 0 N–H and O–H groups in total. The van der Waals surface area contributed by atoms with Gasteiger partial charge in [0.2, 0.25) is 0 Å². The predicted molar refractivity (Wildman–Crippen MR) is 52.1 cm³/mol. The highest BCUT2D eigenvalue weighted by Gasteiger charge is 2.32. The number of benzene rings is 1. The summed E-state index contributed by atoms with van der Waals surface area (Å²) in [6, 6.07) is 4.97. The Balaban J connectivity index is 2.27. The van der Waals surface area contributed by atoms with Crippen molar-refractivity contribution >= 4 is 17.4 Å². The van der Waals surface area contributed by atoms with E-state index in [1.54, 1.807) is 18.2 Å². The highest BCUT2D eigenvalue weighted by molar-refractivity contribution is 6.32. The van der Waals surface area contributed by atoms with Gasteiger partial charge in [-0.25, -0.2) is 0 Å². The molecule has 0 aromatic heterocycles. The van der Waals surface area contributed by atoms with E-state index < -0.39 is 0 Å². The van der Waals surface area contributed by atoms with Crippen molar-refractivity contribution in [3.63, 3.8) is 0 Å². The maximum atomic E-state index is 11.5. The van der Waals surface area contributed by atoms with Crippen LogP contribution in [0.25, 0.3) is 0 Å². The molecular weight excluding hydrogens is 204 g/mol. The van der Waals surface area contributed by atoms with Crippen LogP contribution >= 0.6 is 11.6 Å². The first-order valence-corrected chi connectivity index (χ1v) is 4.59. The Labute approximate surface area is 86.6 Å². The molecule has 1 unspecified atom stereocenters. The third-order valence-electron chi connectivity index (χ3n) is 2.06. The molecule has 1 atom stereocenters. The summed E-state index contributed by atoms with van der Waals surface area (Å²) in [5.74, 6) is 0.550. The van der Waals surface area contributed by atoms with Gasteiger partial charge in [-0.15, -0.1) is 0 Å². The van der Waals surface area contributed by atoms with Gasteiger partial charge in [0.1, 0.15) is 11.9 Å². The molecule has 1 aromatic rings. The van der Waals surface area contributed by atoms with Crippen molar-refractivity contribution in [3.05, 3.63) is 28.8 Å². The third kappa shape index (κ3) is 1.74. The fourth-order valence-electron chi connectivity index (χ4n) is 1.21. The quantitative estimate of drug-likeness (QED) is 0.568. The Kier molecular flexibility index (Phi) is 2.44. The molecule has 0 aliphatic carbocycles. The average Bonchev–Trinajstić information content (AvgIpc) is 3.00. The normalized spacial score (nSPS) is 19.1. The van der Waals surface area contributed by atoms with Gasteiger partial charge in [0.05, 0.1) is 18.7 Å². The maximum Gasteiger partial charge on any atom is 0.193 e. The molecule has 0 amide bonds. The van der Waals surface area contributed by atoms with Crippen molar-refractivity contribution in [1.82, 2.24) is 0 Å². The minimum atomic E-state index is -0.264. The molecule has 1 aliphatic rings. The van der Waals surface area contributed by atoms with Crippen molar-refractivity contribution in [2.24, 2.45) is 0 Å². The lowest BCUT2D eigenvalue weighted by Crippen LogP contribution is -2.06. The Morgan fingerprint density at radius 1 is 1.64 bits per heavy atom. The lowest BCUT2D eigenvalue weighted by atomic mass is 10.1. The molecule has 0 spiro atoms. The largest absolute Gasteiger partial charge is 0.495 e. The molecule has 74 valence electrons. The van der Waals surface area contributed by atoms with Crippen molar-refractivity contribution in [2.45, 2.75) is 6.10 Å². The number of methoxy groups -OCH3 is 1. The van der Waals surface area contributed by atoms with E-state index in [1.165, 1.54) is 7.11 Å². The van der Waals surface area contributed by atoms with Crippen molar-refractivity contribution in [1.29, 1.82) is 0 Å². The lowest BCUT2D eigenvalue weighted by Gasteiger charge is -2.03. The Morgan fingerprint density at radius 3 is 2.86 bits per heavy atom. The summed E-state index contributed by atoms with van der Waals surface area (Å²) in [6.45, 7) is 0.516. The van der Waals surface area contributed by atoms with Crippen LogP contribution in [0, 0.1) is 0 Å². The summed E-state index contributed by atoms with van der Waals surface area (Å²) in [4.78, 5) is 11.5. The van der Waals surface area contributed by atoms with Crippen molar-refractivity contribution in [2.75, 3.05) is 13.7 Å². The van der Waals surface area contributed by atoms with Crippen LogP contribution in [0.3, 0.4) is 0 Å². The Morgan fingerprint density at radius 2 is 2.36 bits per heavy atom. The molecule has 1 aliphatic heterocycles. The second-order valence-electron chi connectivity index (χ2n) is 3.04. The number of ether oxygens (including phenoxy) is 2. The van der Waals surface area contributed by atoms with Gasteiger partial charge in [-0.3, -0.25) is 4.79 Å². The number of epoxide rings is 1. The van der Waals surface area contributed by atoms with E-state index in [4.69, 9.17) is 21.1 Å². The molecule has 0 radical (unpaired) electrons. The molecule has 3 nitrogen and oxygen atoms in total. The Bertz CT molecular complexity index is 372. The fraction of sp³-hybridized carbons (Fsp3) is 0.300. The van der Waals surface area contributed by atoms with E-state index in [0.29, 0.717) is 22.9 Å². The molecule has 1 heterocycles. The number of carbonyl (C=O) groups is 1. The molecule has 0 bridgehead atoms. The molecule has 1 saturated heterocycles. The van der Waals surface area contributed by atoms with Crippen molar-refractivity contribution < 1.29 is 14.3 Å². The van der Waals surface area contributed by atoms with Gasteiger partial charge in [0, 0.05) is 5.56 Å². The first-order valence-electron chi connectivity index (χ1n) is 4.21. The van der Waals surface area contributed by atoms with Gasteiger partial charge in [-0.1, -0.05) is 11.6 Å². The van der Waals surface area contributed by atoms with Crippen LogP contribution in [0.4, 0.5) is 0 Å². The monoisotopic (exact) mass is 212 g/mol. The highest BCUT2D eigenvalue weighted by Crippen LogP contribution is 2.26. The average molecular weight is 213 g/mol. The molecule has 2 rings (SSSR count). The van der Waals surface area contributed by atoms with Crippen LogP contribution in [0.1, 0.15) is 10.4 Å². The van der Waals surface area contributed by atoms with Crippen LogP contribution in [0.5, 0.6) is 5.75 Å². The topological polar surface area (TPSA) is 38.8 Å². The van der Waals surface area contributed by atoms with E-state index in [9.17, 15) is 4.79 Å². The van der Waals surface area contributed by atoms with Gasteiger partial charge < -0.3 is 9.47 Å². The maximum absolute atomic E-state index is 11.5. The number of halogens is 1. The highest BCUT2D eigenvalue weighted by atomic mass is 35.5. The van der Waals surface area contributed by atoms with Crippen LogP contribution < -0.4 is 4.74 Å². The summed E-state index contributed by atoms with van der Waals surface area (Å²) in [7, 11) is 1.53. The number of hydrogen-bond donors (Lipinski definition) is 0. The summed E-state index contributed by atoms with van der Waals surface area (Å²) in [5, 5.41) is 0.444. The number of rotatable bonds is 3. The van der Waals surface area contributed by atoms with Gasteiger partial charge in [0.15, 0.2) is 5.78 Å². The number of Topliss-reactive ketones (excluding diaryl/α,β-unsaturated/α-hetero) is 1. The number of hydrogen-bond acceptors (Lipinski definition) is 3. The zero-order valence-electron chi connectivity index (χ0n) is 7.62. The minimum absolute atomic E-state index is 0.0189. The first kappa shape index (κ1) is 9.49. The molecule has 1 aromatic carbocycles. The SMILES string of the molecule is COc1ccc(C(=O)C2CO2)cc1Cl. The molecule has 14 heavy (non-hydrogen) atoms. The molecular formula is C10H9ClO3. The van der Waals surface area contributed by atoms with Crippen LogP contribution in [0.2, 0.25) is 5.02 Å². The number of ketones is 1. The van der Waals surface area contributed by atoms with E-state index >= 15 is 0 Å². The summed E-state index contributed by atoms with van der Waals surface area (Å²) < 4.78 is 9.88. The standard InChI is InChI=1S/C10H9ClO3/c1-13-8-3-2-6(4-7(8)11)10(12)9-5-14-9/h2-4,9H,5H2,1H3. The van der Waals surface area contributed by atoms with Crippen molar-refractivity contribution in [3.8, 4) is 5.75 Å². The fourth-order valence-corrected chi connectivity index (χ4v) is 1.46. The molecule has 0 saturated carbocycles. The molecule has 4 heteroatoms. The second-order valence-corrected chi connectivity index (χ2v) is 3.44. The van der Waals surface area contributed by atoms with E-state index in [0.717, 1.165) is 0 Å². The summed E-state index contributed by atoms with van der Waals surface area (Å²) in [5.41, 5.74) is 0.568. The summed E-state index contributed by atoms with van der Waals surface area (Å²) in [6.07, 6.45) is -0.264. The summed E-state index contributed by atoms with van der Waals surface area (Å²) >= 11 is 5.88. The van der Waals surface area contributed by atoms with Crippen LogP contribution in [-0.4, -0.2) is 25.6 Å². The first-order chi connectivity index (χ1) is 6.72. The van der Waals surface area contributed by atoms with E-state index in [1.807, 2.05) is 0 Å².